The van der Waals surface area contributed by atoms with Crippen molar-refractivity contribution in [3.63, 3.8) is 0 Å². The molecule has 5 nitrogen and oxygen atoms in total. The van der Waals surface area contributed by atoms with E-state index < -0.39 is 18.0 Å². The summed E-state index contributed by atoms with van der Waals surface area (Å²) in [5, 5.41) is 0. The van der Waals surface area contributed by atoms with Gasteiger partial charge in [0.25, 0.3) is 0 Å². The Morgan fingerprint density at radius 1 is 1.53 bits per heavy atom. The van der Waals surface area contributed by atoms with Crippen LogP contribution in [0.5, 0.6) is 0 Å². The molecule has 19 heavy (non-hydrogen) atoms. The van der Waals surface area contributed by atoms with Gasteiger partial charge in [-0.3, -0.25) is 0 Å². The highest BCUT2D eigenvalue weighted by molar-refractivity contribution is 7.80. The molecule has 1 aliphatic rings. The highest BCUT2D eigenvalue weighted by Crippen LogP contribution is 2.28. The maximum Gasteiger partial charge on any atom is 0.433 e. The van der Waals surface area contributed by atoms with Crippen molar-refractivity contribution in [2.75, 3.05) is 24.6 Å². The molecule has 1 aromatic rings. The van der Waals surface area contributed by atoms with Crippen molar-refractivity contribution in [3.8, 4) is 0 Å². The minimum absolute atomic E-state index is 0.000579. The molecule has 0 amide bonds. The molecule has 1 unspecified atom stereocenters. The molecule has 0 aromatic carbocycles. The molecule has 1 fully saturated rings. The molecule has 0 radical (unpaired) electrons. The first-order valence-electron chi connectivity index (χ1n) is 5.44. The third-order valence-electron chi connectivity index (χ3n) is 2.60. The zero-order valence-electron chi connectivity index (χ0n) is 9.72. The molecule has 9 heteroatoms. The fourth-order valence-corrected chi connectivity index (χ4v) is 1.80. The van der Waals surface area contributed by atoms with Crippen molar-refractivity contribution >= 4 is 23.2 Å². The van der Waals surface area contributed by atoms with Crippen LogP contribution in [0.15, 0.2) is 12.3 Å². The number of alkyl halides is 3. The Balaban J connectivity index is 2.20. The molecule has 1 saturated heterocycles. The Labute approximate surface area is 112 Å². The monoisotopic (exact) mass is 292 g/mol. The lowest BCUT2D eigenvalue weighted by molar-refractivity contribution is -0.141. The van der Waals surface area contributed by atoms with Gasteiger partial charge in [0.1, 0.15) is 16.8 Å². The fourth-order valence-electron chi connectivity index (χ4n) is 1.66. The standard InChI is InChI=1S/C10H11F3N4OS/c11-10(12,13)7-1-2-15-9(16-7)17-3-4-18-6(5-17)8(14)19/h1-2,6H,3-5H2,(H2,14,19). The first kappa shape index (κ1) is 13.9. The predicted molar refractivity (Wildman–Crippen MR) is 65.8 cm³/mol. The van der Waals surface area contributed by atoms with E-state index in [2.05, 4.69) is 9.97 Å². The van der Waals surface area contributed by atoms with Crippen LogP contribution in [0.25, 0.3) is 0 Å². The summed E-state index contributed by atoms with van der Waals surface area (Å²) < 4.78 is 43.0. The molecule has 0 saturated carbocycles. The number of rotatable bonds is 2. The highest BCUT2D eigenvalue weighted by atomic mass is 32.1. The lowest BCUT2D eigenvalue weighted by Crippen LogP contribution is -2.48. The Kier molecular flexibility index (Phi) is 3.85. The van der Waals surface area contributed by atoms with Gasteiger partial charge in [0.15, 0.2) is 0 Å². The number of morpholine rings is 1. The number of ether oxygens (including phenoxy) is 1. The molecule has 0 aliphatic carbocycles. The van der Waals surface area contributed by atoms with Gasteiger partial charge in [0.2, 0.25) is 5.95 Å². The largest absolute Gasteiger partial charge is 0.433 e. The van der Waals surface area contributed by atoms with E-state index >= 15 is 0 Å². The minimum atomic E-state index is -4.49. The zero-order valence-corrected chi connectivity index (χ0v) is 10.5. The number of nitrogens with zero attached hydrogens (tertiary/aromatic N) is 3. The molecule has 0 bridgehead atoms. The summed E-state index contributed by atoms with van der Waals surface area (Å²) >= 11 is 4.81. The molecule has 2 N–H and O–H groups in total. The second kappa shape index (κ2) is 5.25. The summed E-state index contributed by atoms with van der Waals surface area (Å²) in [5.41, 5.74) is 4.49. The third kappa shape index (κ3) is 3.29. The topological polar surface area (TPSA) is 64.3 Å². The SMILES string of the molecule is NC(=S)C1CN(c2nccc(C(F)(F)F)n2)CCO1. The maximum absolute atomic E-state index is 12.6. The fraction of sp³-hybridized carbons (Fsp3) is 0.500. The molecule has 2 heterocycles. The normalized spacial score (nSPS) is 20.4. The molecule has 0 spiro atoms. The molecule has 104 valence electrons. The van der Waals surface area contributed by atoms with Crippen LogP contribution in [0.2, 0.25) is 0 Å². The molecule has 2 rings (SSSR count). The third-order valence-corrected chi connectivity index (χ3v) is 2.86. The first-order valence-corrected chi connectivity index (χ1v) is 5.85. The van der Waals surface area contributed by atoms with E-state index in [1.807, 2.05) is 0 Å². The van der Waals surface area contributed by atoms with Crippen LogP contribution in [0, 0.1) is 0 Å². The van der Waals surface area contributed by atoms with E-state index in [0.717, 1.165) is 12.3 Å². The molecule has 1 aliphatic heterocycles. The number of hydrogen-bond acceptors (Lipinski definition) is 5. The molecular weight excluding hydrogens is 281 g/mol. The van der Waals surface area contributed by atoms with Gasteiger partial charge in [0.05, 0.1) is 13.2 Å². The van der Waals surface area contributed by atoms with E-state index in [0.29, 0.717) is 13.2 Å². The Hall–Kier alpha value is -1.48. The van der Waals surface area contributed by atoms with E-state index in [1.165, 1.54) is 0 Å². The van der Waals surface area contributed by atoms with Gasteiger partial charge in [-0.2, -0.15) is 13.2 Å². The number of halogens is 3. The van der Waals surface area contributed by atoms with E-state index in [1.54, 1.807) is 4.90 Å². The van der Waals surface area contributed by atoms with Crippen LogP contribution in [0.4, 0.5) is 19.1 Å². The summed E-state index contributed by atoms with van der Waals surface area (Å²) in [5.74, 6) is -0.000579. The number of hydrogen-bond donors (Lipinski definition) is 1. The lowest BCUT2D eigenvalue weighted by atomic mass is 10.3. The van der Waals surface area contributed by atoms with Crippen molar-refractivity contribution in [3.05, 3.63) is 18.0 Å². The van der Waals surface area contributed by atoms with Crippen molar-refractivity contribution in [1.29, 1.82) is 0 Å². The highest BCUT2D eigenvalue weighted by Gasteiger charge is 2.34. The number of aromatic nitrogens is 2. The average molecular weight is 292 g/mol. The van der Waals surface area contributed by atoms with Gasteiger partial charge in [-0.1, -0.05) is 12.2 Å². The number of thiocarbonyl (C=S) groups is 1. The van der Waals surface area contributed by atoms with Gasteiger partial charge < -0.3 is 15.4 Å². The lowest BCUT2D eigenvalue weighted by Gasteiger charge is -2.32. The zero-order chi connectivity index (χ0) is 14.0. The van der Waals surface area contributed by atoms with Crippen LogP contribution >= 0.6 is 12.2 Å². The molecule has 1 atom stereocenters. The summed E-state index contributed by atoms with van der Waals surface area (Å²) in [6.07, 6.45) is -3.91. The van der Waals surface area contributed by atoms with Crippen molar-refractivity contribution in [2.45, 2.75) is 12.3 Å². The van der Waals surface area contributed by atoms with E-state index in [9.17, 15) is 13.2 Å². The predicted octanol–water partition coefficient (Wildman–Crippen LogP) is 0.987. The summed E-state index contributed by atoms with van der Waals surface area (Å²) in [4.78, 5) is 9.09. The average Bonchev–Trinajstić information content (AvgIpc) is 2.38. The molecule has 1 aromatic heterocycles. The summed E-state index contributed by atoms with van der Waals surface area (Å²) in [7, 11) is 0. The van der Waals surface area contributed by atoms with Crippen LogP contribution in [0.3, 0.4) is 0 Å². The van der Waals surface area contributed by atoms with Crippen molar-refractivity contribution in [2.24, 2.45) is 5.73 Å². The van der Waals surface area contributed by atoms with Gasteiger partial charge in [-0.25, -0.2) is 9.97 Å². The molecular formula is C10H11F3N4OS. The Morgan fingerprint density at radius 2 is 2.26 bits per heavy atom. The van der Waals surface area contributed by atoms with Gasteiger partial charge in [0, 0.05) is 12.7 Å². The second-order valence-corrected chi connectivity index (χ2v) is 4.42. The Morgan fingerprint density at radius 3 is 2.89 bits per heavy atom. The Bertz CT molecular complexity index is 482. The van der Waals surface area contributed by atoms with Crippen molar-refractivity contribution < 1.29 is 17.9 Å². The van der Waals surface area contributed by atoms with Gasteiger partial charge in [-0.05, 0) is 6.07 Å². The summed E-state index contributed by atoms with van der Waals surface area (Å²) in [6.45, 7) is 0.943. The van der Waals surface area contributed by atoms with Crippen LogP contribution in [-0.2, 0) is 10.9 Å². The smallest absolute Gasteiger partial charge is 0.391 e. The van der Waals surface area contributed by atoms with Gasteiger partial charge in [-0.15, -0.1) is 0 Å². The van der Waals surface area contributed by atoms with Crippen LogP contribution < -0.4 is 10.6 Å². The maximum atomic E-state index is 12.6. The van der Waals surface area contributed by atoms with Crippen LogP contribution in [0.1, 0.15) is 5.69 Å². The minimum Gasteiger partial charge on any atom is -0.391 e. The van der Waals surface area contributed by atoms with Gasteiger partial charge >= 0.3 is 6.18 Å². The quantitative estimate of drug-likeness (QED) is 0.820. The van der Waals surface area contributed by atoms with Crippen LogP contribution in [-0.4, -0.2) is 40.8 Å². The van der Waals surface area contributed by atoms with E-state index in [-0.39, 0.29) is 17.5 Å². The van der Waals surface area contributed by atoms with Crippen molar-refractivity contribution in [1.82, 2.24) is 9.97 Å². The second-order valence-electron chi connectivity index (χ2n) is 3.95. The first-order chi connectivity index (χ1) is 8.88. The summed E-state index contributed by atoms with van der Waals surface area (Å²) in [6, 6.07) is 0.828. The van der Waals surface area contributed by atoms with E-state index in [4.69, 9.17) is 22.7 Å². The number of nitrogens with two attached hydrogens (primary N) is 1. The number of anilines is 1.